The maximum atomic E-state index is 6.15. The van der Waals surface area contributed by atoms with Crippen LogP contribution in [-0.2, 0) is 6.54 Å². The van der Waals surface area contributed by atoms with E-state index in [-0.39, 0.29) is 0 Å². The molecule has 0 saturated carbocycles. The van der Waals surface area contributed by atoms with Crippen molar-refractivity contribution < 1.29 is 0 Å². The average molecular weight is 373 g/mol. The average Bonchev–Trinajstić information content (AvgIpc) is 2.64. The molecule has 0 aliphatic heterocycles. The van der Waals surface area contributed by atoms with Crippen LogP contribution in [0.25, 0.3) is 11.3 Å². The predicted molar refractivity (Wildman–Crippen MR) is 82.3 cm³/mol. The van der Waals surface area contributed by atoms with E-state index in [1.165, 1.54) is 0 Å². The summed E-state index contributed by atoms with van der Waals surface area (Å²) in [7, 11) is 0. The molecular weight excluding hydrogens is 358 g/mol. The fraction of sp³-hybridized carbons (Fsp3) is 0.308. The predicted octanol–water partition coefficient (Wildman–Crippen LogP) is 4.31. The van der Waals surface area contributed by atoms with Gasteiger partial charge in [0.15, 0.2) is 0 Å². The number of imidazole rings is 1. The fourth-order valence-electron chi connectivity index (χ4n) is 1.80. The van der Waals surface area contributed by atoms with Crippen LogP contribution in [0.4, 0.5) is 5.82 Å². The van der Waals surface area contributed by atoms with Gasteiger partial charge >= 0.3 is 0 Å². The zero-order valence-corrected chi connectivity index (χ0v) is 13.5. The minimum atomic E-state index is 0.547. The summed E-state index contributed by atoms with van der Waals surface area (Å²) in [5, 5.41) is 0. The number of aromatic nitrogens is 2. The van der Waals surface area contributed by atoms with Crippen LogP contribution >= 0.6 is 31.9 Å². The summed E-state index contributed by atoms with van der Waals surface area (Å²) in [6.07, 6.45) is 1.81. The molecule has 1 aromatic carbocycles. The standard InChI is InChI=1S/C13H15Br2N3/c1-8(2)6-18-7-17-12(13(18)16)9-3-4-10(14)11(15)5-9/h3-5,7-8H,6,16H2,1-2H3. The lowest BCUT2D eigenvalue weighted by Crippen LogP contribution is -2.06. The number of benzene rings is 1. The van der Waals surface area contributed by atoms with E-state index in [2.05, 4.69) is 50.7 Å². The summed E-state index contributed by atoms with van der Waals surface area (Å²) in [6.45, 7) is 5.21. The Bertz CT molecular complexity index is 561. The van der Waals surface area contributed by atoms with Crippen LogP contribution in [0.3, 0.4) is 0 Å². The first-order valence-electron chi connectivity index (χ1n) is 5.75. The van der Waals surface area contributed by atoms with E-state index in [1.54, 1.807) is 6.33 Å². The highest BCUT2D eigenvalue weighted by atomic mass is 79.9. The molecule has 2 rings (SSSR count). The van der Waals surface area contributed by atoms with E-state index in [4.69, 9.17) is 5.73 Å². The van der Waals surface area contributed by atoms with Crippen molar-refractivity contribution in [2.75, 3.05) is 5.73 Å². The van der Waals surface area contributed by atoms with E-state index >= 15 is 0 Å². The van der Waals surface area contributed by atoms with E-state index in [9.17, 15) is 0 Å². The van der Waals surface area contributed by atoms with Gasteiger partial charge in [-0.25, -0.2) is 4.98 Å². The second-order valence-electron chi connectivity index (χ2n) is 4.65. The molecule has 0 unspecified atom stereocenters. The molecule has 0 bridgehead atoms. The molecule has 2 aromatic rings. The molecule has 0 spiro atoms. The van der Waals surface area contributed by atoms with Crippen molar-refractivity contribution in [2.24, 2.45) is 5.92 Å². The van der Waals surface area contributed by atoms with E-state index in [0.717, 1.165) is 32.6 Å². The zero-order chi connectivity index (χ0) is 13.3. The molecule has 0 aliphatic carbocycles. The third kappa shape index (κ3) is 2.78. The molecule has 0 amide bonds. The topological polar surface area (TPSA) is 43.8 Å². The Labute approximate surface area is 124 Å². The van der Waals surface area contributed by atoms with Crippen molar-refractivity contribution in [3.05, 3.63) is 33.5 Å². The van der Waals surface area contributed by atoms with Gasteiger partial charge in [0.25, 0.3) is 0 Å². The van der Waals surface area contributed by atoms with Crippen molar-refractivity contribution in [1.29, 1.82) is 0 Å². The molecule has 0 radical (unpaired) electrons. The van der Waals surface area contributed by atoms with Crippen LogP contribution in [0.15, 0.2) is 33.5 Å². The Morgan fingerprint density at radius 3 is 2.61 bits per heavy atom. The van der Waals surface area contributed by atoms with Gasteiger partial charge in [0, 0.05) is 21.1 Å². The van der Waals surface area contributed by atoms with Gasteiger partial charge in [-0.2, -0.15) is 0 Å². The third-order valence-electron chi connectivity index (χ3n) is 2.63. The molecule has 5 heteroatoms. The van der Waals surface area contributed by atoms with E-state index in [0.29, 0.717) is 5.92 Å². The highest BCUT2D eigenvalue weighted by molar-refractivity contribution is 9.13. The first-order chi connectivity index (χ1) is 8.49. The molecule has 1 aromatic heterocycles. The smallest absolute Gasteiger partial charge is 0.131 e. The monoisotopic (exact) mass is 371 g/mol. The second-order valence-corrected chi connectivity index (χ2v) is 6.36. The largest absolute Gasteiger partial charge is 0.383 e. The Morgan fingerprint density at radius 2 is 2.00 bits per heavy atom. The van der Waals surface area contributed by atoms with Crippen LogP contribution in [0.2, 0.25) is 0 Å². The first-order valence-corrected chi connectivity index (χ1v) is 7.33. The van der Waals surface area contributed by atoms with E-state index < -0.39 is 0 Å². The van der Waals surface area contributed by atoms with Crippen LogP contribution < -0.4 is 5.73 Å². The Kier molecular flexibility index (Phi) is 4.12. The molecule has 0 aliphatic rings. The summed E-state index contributed by atoms with van der Waals surface area (Å²) in [5.74, 6) is 1.27. The molecule has 18 heavy (non-hydrogen) atoms. The fourth-order valence-corrected chi connectivity index (χ4v) is 2.42. The summed E-state index contributed by atoms with van der Waals surface area (Å²) >= 11 is 6.95. The summed E-state index contributed by atoms with van der Waals surface area (Å²) < 4.78 is 4.01. The third-order valence-corrected chi connectivity index (χ3v) is 4.51. The minimum Gasteiger partial charge on any atom is -0.383 e. The minimum absolute atomic E-state index is 0.547. The summed E-state index contributed by atoms with van der Waals surface area (Å²) in [4.78, 5) is 4.41. The van der Waals surface area contributed by atoms with E-state index in [1.807, 2.05) is 22.8 Å². The van der Waals surface area contributed by atoms with Gasteiger partial charge in [-0.3, -0.25) is 0 Å². The molecule has 2 N–H and O–H groups in total. The lowest BCUT2D eigenvalue weighted by molar-refractivity contribution is 0.527. The maximum absolute atomic E-state index is 6.15. The number of halogens is 2. The Morgan fingerprint density at radius 1 is 1.28 bits per heavy atom. The molecule has 1 heterocycles. The van der Waals surface area contributed by atoms with Gasteiger partial charge < -0.3 is 10.3 Å². The molecular formula is C13H15Br2N3. The van der Waals surface area contributed by atoms with Gasteiger partial charge in [0.1, 0.15) is 11.5 Å². The second kappa shape index (κ2) is 5.45. The quantitative estimate of drug-likeness (QED) is 0.872. The summed E-state index contributed by atoms with van der Waals surface area (Å²) in [5.41, 5.74) is 8.00. The number of nitrogens with zero attached hydrogens (tertiary/aromatic N) is 2. The number of anilines is 1. The molecule has 0 fully saturated rings. The van der Waals surface area contributed by atoms with Gasteiger partial charge in [-0.15, -0.1) is 0 Å². The van der Waals surface area contributed by atoms with Crippen LogP contribution in [0.5, 0.6) is 0 Å². The lowest BCUT2D eigenvalue weighted by Gasteiger charge is -2.08. The number of hydrogen-bond acceptors (Lipinski definition) is 2. The van der Waals surface area contributed by atoms with Crippen LogP contribution in [-0.4, -0.2) is 9.55 Å². The number of nitrogen functional groups attached to an aromatic ring is 1. The van der Waals surface area contributed by atoms with Gasteiger partial charge in [-0.05, 0) is 49.9 Å². The molecule has 0 atom stereocenters. The lowest BCUT2D eigenvalue weighted by atomic mass is 10.1. The Hall–Kier alpha value is -0.810. The molecule has 0 saturated heterocycles. The number of hydrogen-bond donors (Lipinski definition) is 1. The number of rotatable bonds is 3. The zero-order valence-electron chi connectivity index (χ0n) is 10.3. The van der Waals surface area contributed by atoms with Crippen molar-refractivity contribution in [3.8, 4) is 11.3 Å². The van der Waals surface area contributed by atoms with Gasteiger partial charge in [0.2, 0.25) is 0 Å². The molecule has 3 nitrogen and oxygen atoms in total. The van der Waals surface area contributed by atoms with Crippen molar-refractivity contribution >= 4 is 37.7 Å². The molecule has 96 valence electrons. The van der Waals surface area contributed by atoms with Crippen LogP contribution in [0, 0.1) is 5.92 Å². The summed E-state index contributed by atoms with van der Waals surface area (Å²) in [6, 6.07) is 6.01. The first kappa shape index (κ1) is 13.6. The van der Waals surface area contributed by atoms with Gasteiger partial charge in [0.05, 0.1) is 6.33 Å². The van der Waals surface area contributed by atoms with Crippen molar-refractivity contribution in [3.63, 3.8) is 0 Å². The maximum Gasteiger partial charge on any atom is 0.131 e. The Balaban J connectivity index is 2.39. The number of nitrogens with two attached hydrogens (primary N) is 1. The highest BCUT2D eigenvalue weighted by Crippen LogP contribution is 2.31. The van der Waals surface area contributed by atoms with Crippen LogP contribution in [0.1, 0.15) is 13.8 Å². The highest BCUT2D eigenvalue weighted by Gasteiger charge is 2.11. The van der Waals surface area contributed by atoms with Crippen molar-refractivity contribution in [2.45, 2.75) is 20.4 Å². The SMILES string of the molecule is CC(C)Cn1cnc(-c2ccc(Br)c(Br)c2)c1N. The van der Waals surface area contributed by atoms with Crippen molar-refractivity contribution in [1.82, 2.24) is 9.55 Å². The van der Waals surface area contributed by atoms with Gasteiger partial charge in [-0.1, -0.05) is 19.9 Å². The normalized spacial score (nSPS) is 11.2.